The van der Waals surface area contributed by atoms with Crippen molar-refractivity contribution in [2.75, 3.05) is 11.9 Å². The number of aryl methyl sites for hydroxylation is 2. The van der Waals surface area contributed by atoms with Gasteiger partial charge in [0.05, 0.1) is 5.69 Å². The lowest BCUT2D eigenvalue weighted by atomic mass is 10.0. The van der Waals surface area contributed by atoms with Gasteiger partial charge in [-0.3, -0.25) is 0 Å². The van der Waals surface area contributed by atoms with Crippen LogP contribution in [0.3, 0.4) is 0 Å². The van der Waals surface area contributed by atoms with Crippen molar-refractivity contribution >= 4 is 5.95 Å². The van der Waals surface area contributed by atoms with Crippen LogP contribution in [-0.4, -0.2) is 16.5 Å². The molecule has 3 nitrogen and oxygen atoms in total. The summed E-state index contributed by atoms with van der Waals surface area (Å²) in [6.07, 6.45) is 5.24. The average molecular weight is 269 g/mol. The van der Waals surface area contributed by atoms with Crippen molar-refractivity contribution in [2.24, 2.45) is 0 Å². The second-order valence-corrected chi connectivity index (χ2v) is 5.10. The topological polar surface area (TPSA) is 37.8 Å². The highest BCUT2D eigenvalue weighted by molar-refractivity contribution is 5.64. The molecule has 3 heteroatoms. The van der Waals surface area contributed by atoms with Crippen LogP contribution in [0.5, 0.6) is 0 Å². The number of anilines is 1. The van der Waals surface area contributed by atoms with Crippen LogP contribution < -0.4 is 5.32 Å². The van der Waals surface area contributed by atoms with Gasteiger partial charge in [-0.1, -0.05) is 38.5 Å². The number of nitrogens with zero attached hydrogens (tertiary/aromatic N) is 2. The Labute approximate surface area is 121 Å². The van der Waals surface area contributed by atoms with Crippen molar-refractivity contribution in [1.82, 2.24) is 9.97 Å². The van der Waals surface area contributed by atoms with Gasteiger partial charge < -0.3 is 5.32 Å². The predicted molar refractivity (Wildman–Crippen MR) is 85.0 cm³/mol. The smallest absolute Gasteiger partial charge is 0.223 e. The third kappa shape index (κ3) is 3.56. The van der Waals surface area contributed by atoms with E-state index in [4.69, 9.17) is 0 Å². The van der Waals surface area contributed by atoms with E-state index in [9.17, 15) is 0 Å². The Bertz CT molecular complexity index is 564. The van der Waals surface area contributed by atoms with Crippen LogP contribution in [0.4, 0.5) is 5.95 Å². The molecule has 0 radical (unpaired) electrons. The SMILES string of the molecule is CCCNc1ncc(C)c(-c2cccc(CCC)c2)n1. The van der Waals surface area contributed by atoms with Crippen LogP contribution in [0.1, 0.15) is 37.8 Å². The van der Waals surface area contributed by atoms with E-state index >= 15 is 0 Å². The highest BCUT2D eigenvalue weighted by Gasteiger charge is 2.07. The fraction of sp³-hybridized carbons (Fsp3) is 0.412. The maximum Gasteiger partial charge on any atom is 0.223 e. The van der Waals surface area contributed by atoms with Gasteiger partial charge in [-0.05, 0) is 37.0 Å². The van der Waals surface area contributed by atoms with Crippen molar-refractivity contribution in [2.45, 2.75) is 40.0 Å². The quantitative estimate of drug-likeness (QED) is 0.853. The highest BCUT2D eigenvalue weighted by Crippen LogP contribution is 2.23. The van der Waals surface area contributed by atoms with E-state index < -0.39 is 0 Å². The summed E-state index contributed by atoms with van der Waals surface area (Å²) in [5.74, 6) is 0.716. The van der Waals surface area contributed by atoms with Crippen molar-refractivity contribution in [1.29, 1.82) is 0 Å². The van der Waals surface area contributed by atoms with Crippen LogP contribution in [0, 0.1) is 6.92 Å². The molecule has 0 saturated carbocycles. The normalized spacial score (nSPS) is 10.6. The predicted octanol–water partition coefficient (Wildman–Crippen LogP) is 4.23. The second kappa shape index (κ2) is 7.04. The summed E-state index contributed by atoms with van der Waals surface area (Å²) in [5.41, 5.74) is 4.68. The molecular formula is C17H23N3. The van der Waals surface area contributed by atoms with Crippen LogP contribution in [0.2, 0.25) is 0 Å². The van der Waals surface area contributed by atoms with E-state index in [0.29, 0.717) is 5.95 Å². The molecule has 2 rings (SSSR count). The van der Waals surface area contributed by atoms with Crippen molar-refractivity contribution < 1.29 is 0 Å². The zero-order chi connectivity index (χ0) is 14.4. The highest BCUT2D eigenvalue weighted by atomic mass is 15.1. The molecule has 0 unspecified atom stereocenters. The summed E-state index contributed by atoms with van der Waals surface area (Å²) < 4.78 is 0. The Morgan fingerprint density at radius 2 is 2.00 bits per heavy atom. The van der Waals surface area contributed by atoms with E-state index in [1.165, 1.54) is 11.1 Å². The molecule has 1 N–H and O–H groups in total. The molecule has 20 heavy (non-hydrogen) atoms. The summed E-state index contributed by atoms with van der Waals surface area (Å²) in [7, 11) is 0. The summed E-state index contributed by atoms with van der Waals surface area (Å²) in [5, 5.41) is 3.25. The van der Waals surface area contributed by atoms with Crippen molar-refractivity contribution in [3.8, 4) is 11.3 Å². The molecule has 0 spiro atoms. The molecule has 0 aliphatic heterocycles. The van der Waals surface area contributed by atoms with Crippen LogP contribution in [-0.2, 0) is 6.42 Å². The summed E-state index contributed by atoms with van der Waals surface area (Å²) in [4.78, 5) is 9.00. The lowest BCUT2D eigenvalue weighted by Crippen LogP contribution is -2.05. The Kier molecular flexibility index (Phi) is 5.10. The van der Waals surface area contributed by atoms with Gasteiger partial charge in [-0.15, -0.1) is 0 Å². The standard InChI is InChI=1S/C17H23N3/c1-4-7-14-8-6-9-15(11-14)16-13(3)12-19-17(20-16)18-10-5-2/h6,8-9,11-12H,4-5,7,10H2,1-3H3,(H,18,19,20). The van der Waals surface area contributed by atoms with Crippen LogP contribution in [0.25, 0.3) is 11.3 Å². The molecular weight excluding hydrogens is 246 g/mol. The van der Waals surface area contributed by atoms with E-state index in [2.05, 4.69) is 60.3 Å². The van der Waals surface area contributed by atoms with E-state index in [1.807, 2.05) is 6.20 Å². The number of nitrogens with one attached hydrogen (secondary N) is 1. The van der Waals surface area contributed by atoms with Gasteiger partial charge in [0.1, 0.15) is 0 Å². The molecule has 0 bridgehead atoms. The zero-order valence-electron chi connectivity index (χ0n) is 12.6. The van der Waals surface area contributed by atoms with Gasteiger partial charge in [0.15, 0.2) is 0 Å². The first-order chi connectivity index (χ1) is 9.74. The Morgan fingerprint density at radius 1 is 1.15 bits per heavy atom. The fourth-order valence-corrected chi connectivity index (χ4v) is 2.22. The summed E-state index contributed by atoms with van der Waals surface area (Å²) in [6.45, 7) is 7.30. The molecule has 0 saturated heterocycles. The summed E-state index contributed by atoms with van der Waals surface area (Å²) in [6, 6.07) is 8.65. The Balaban J connectivity index is 2.32. The van der Waals surface area contributed by atoms with Crippen molar-refractivity contribution in [3.05, 3.63) is 41.6 Å². The van der Waals surface area contributed by atoms with Crippen molar-refractivity contribution in [3.63, 3.8) is 0 Å². The molecule has 0 aliphatic carbocycles. The maximum atomic E-state index is 4.66. The minimum absolute atomic E-state index is 0.716. The first-order valence-corrected chi connectivity index (χ1v) is 7.41. The first-order valence-electron chi connectivity index (χ1n) is 7.41. The molecule has 106 valence electrons. The fourth-order valence-electron chi connectivity index (χ4n) is 2.22. The minimum Gasteiger partial charge on any atom is -0.354 e. The molecule has 1 aromatic carbocycles. The molecule has 0 aliphatic rings. The van der Waals surface area contributed by atoms with Gasteiger partial charge in [-0.25, -0.2) is 9.97 Å². The second-order valence-electron chi connectivity index (χ2n) is 5.10. The Morgan fingerprint density at radius 3 is 2.75 bits per heavy atom. The monoisotopic (exact) mass is 269 g/mol. The largest absolute Gasteiger partial charge is 0.354 e. The lowest BCUT2D eigenvalue weighted by molar-refractivity contribution is 0.921. The molecule has 0 fully saturated rings. The first kappa shape index (κ1) is 14.5. The maximum absolute atomic E-state index is 4.66. The zero-order valence-corrected chi connectivity index (χ0v) is 12.6. The Hall–Kier alpha value is -1.90. The molecule has 2 aromatic rings. The molecule has 0 amide bonds. The van der Waals surface area contributed by atoms with Crippen LogP contribution in [0.15, 0.2) is 30.5 Å². The average Bonchev–Trinajstić information content (AvgIpc) is 2.47. The molecule has 1 heterocycles. The van der Waals surface area contributed by atoms with E-state index in [-0.39, 0.29) is 0 Å². The van der Waals surface area contributed by atoms with E-state index in [0.717, 1.165) is 37.1 Å². The van der Waals surface area contributed by atoms with Gasteiger partial charge >= 0.3 is 0 Å². The number of hydrogen-bond acceptors (Lipinski definition) is 3. The number of rotatable bonds is 6. The number of hydrogen-bond donors (Lipinski definition) is 1. The van der Waals surface area contributed by atoms with Gasteiger partial charge in [0, 0.05) is 18.3 Å². The molecule has 1 aromatic heterocycles. The number of benzene rings is 1. The number of aromatic nitrogens is 2. The molecule has 0 atom stereocenters. The van der Waals surface area contributed by atoms with Crippen LogP contribution >= 0.6 is 0 Å². The van der Waals surface area contributed by atoms with E-state index in [1.54, 1.807) is 0 Å². The minimum atomic E-state index is 0.716. The van der Waals surface area contributed by atoms with Gasteiger partial charge in [0.25, 0.3) is 0 Å². The lowest BCUT2D eigenvalue weighted by Gasteiger charge is -2.09. The summed E-state index contributed by atoms with van der Waals surface area (Å²) >= 11 is 0. The van der Waals surface area contributed by atoms with Gasteiger partial charge in [-0.2, -0.15) is 0 Å². The third-order valence-electron chi connectivity index (χ3n) is 3.24. The third-order valence-corrected chi connectivity index (χ3v) is 3.24. The van der Waals surface area contributed by atoms with Gasteiger partial charge in [0.2, 0.25) is 5.95 Å².